The van der Waals surface area contributed by atoms with Gasteiger partial charge in [0, 0.05) is 13.1 Å². The Morgan fingerprint density at radius 2 is 1.78 bits per heavy atom. The molecule has 2 aromatic heterocycles. The van der Waals surface area contributed by atoms with Gasteiger partial charge in [-0.05, 0) is 61.7 Å². The number of piperidine rings is 1. The first-order chi connectivity index (χ1) is 17.3. The number of benzene rings is 2. The molecule has 1 saturated heterocycles. The van der Waals surface area contributed by atoms with Crippen LogP contribution in [0.1, 0.15) is 25.3 Å². The number of hydrogen-bond donors (Lipinski definition) is 0. The van der Waals surface area contributed by atoms with Crippen LogP contribution in [0.2, 0.25) is 0 Å². The van der Waals surface area contributed by atoms with Gasteiger partial charge in [-0.2, -0.15) is 0 Å². The molecule has 0 aliphatic carbocycles. The maximum Gasteiger partial charge on any atom is 0.278 e. The van der Waals surface area contributed by atoms with E-state index in [1.807, 2.05) is 36.1 Å². The van der Waals surface area contributed by atoms with E-state index in [1.54, 1.807) is 22.8 Å². The average Bonchev–Trinajstić information content (AvgIpc) is 3.20. The number of aryl methyl sites for hydroxylation is 1. The molecule has 36 heavy (non-hydrogen) atoms. The molecule has 0 N–H and O–H groups in total. The second-order valence-electron chi connectivity index (χ2n) is 8.98. The zero-order valence-electron chi connectivity index (χ0n) is 19.9. The molecule has 0 bridgehead atoms. The Bertz CT molecular complexity index is 1570. The lowest BCUT2D eigenvalue weighted by Crippen LogP contribution is -2.39. The maximum atomic E-state index is 14.9. The van der Waals surface area contributed by atoms with Gasteiger partial charge in [0.05, 0.1) is 17.1 Å². The van der Waals surface area contributed by atoms with Gasteiger partial charge in [-0.3, -0.25) is 18.7 Å². The van der Waals surface area contributed by atoms with Gasteiger partial charge < -0.3 is 4.90 Å². The first kappa shape index (κ1) is 24.9. The molecule has 1 aliphatic heterocycles. The first-order valence-electron chi connectivity index (χ1n) is 11.7. The lowest BCUT2D eigenvalue weighted by Gasteiger charge is -2.30. The van der Waals surface area contributed by atoms with Crippen molar-refractivity contribution in [2.45, 2.75) is 31.8 Å². The number of hydrogen-bond acceptors (Lipinski definition) is 6. The predicted octanol–water partition coefficient (Wildman–Crippen LogP) is 5.77. The first-order valence-corrected chi connectivity index (χ1v) is 14.0. The van der Waals surface area contributed by atoms with Crippen LogP contribution in [0.3, 0.4) is 0 Å². The van der Waals surface area contributed by atoms with Crippen LogP contribution in [0.4, 0.5) is 4.39 Å². The number of likely N-dealkylation sites (tertiary alicyclic amines) is 1. The molecule has 6 nitrogen and oxygen atoms in total. The highest BCUT2D eigenvalue weighted by Gasteiger charge is 2.24. The van der Waals surface area contributed by atoms with Crippen LogP contribution in [-0.4, -0.2) is 43.8 Å². The second kappa shape index (κ2) is 10.3. The van der Waals surface area contributed by atoms with E-state index in [1.165, 1.54) is 10.6 Å². The van der Waals surface area contributed by atoms with Crippen LogP contribution in [0, 0.1) is 22.6 Å². The van der Waals surface area contributed by atoms with Crippen LogP contribution in [0.15, 0.2) is 58.5 Å². The molecule has 3 heterocycles. The van der Waals surface area contributed by atoms with E-state index in [0.29, 0.717) is 20.2 Å². The van der Waals surface area contributed by atoms with Crippen molar-refractivity contribution in [3.05, 3.63) is 74.2 Å². The van der Waals surface area contributed by atoms with Gasteiger partial charge in [0.2, 0.25) is 5.91 Å². The van der Waals surface area contributed by atoms with Crippen LogP contribution >= 0.6 is 35.3 Å². The third-order valence-corrected chi connectivity index (χ3v) is 8.76. The van der Waals surface area contributed by atoms with Crippen molar-refractivity contribution in [2.24, 2.45) is 5.92 Å². The molecule has 0 atom stereocenters. The van der Waals surface area contributed by atoms with Crippen molar-refractivity contribution >= 4 is 51.6 Å². The molecule has 10 heteroatoms. The fourth-order valence-electron chi connectivity index (χ4n) is 4.38. The van der Waals surface area contributed by atoms with E-state index in [9.17, 15) is 14.0 Å². The third kappa shape index (κ3) is 4.65. The molecule has 2 aromatic carbocycles. The summed E-state index contributed by atoms with van der Waals surface area (Å²) >= 11 is 7.94. The molecular formula is C26H25FN4O2S3. The predicted molar refractivity (Wildman–Crippen MR) is 146 cm³/mol. The molecular weight excluding hydrogens is 516 g/mol. The molecule has 1 fully saturated rings. The van der Waals surface area contributed by atoms with E-state index < -0.39 is 11.4 Å². The number of carbonyl (C=O) groups excluding carboxylic acids is 1. The van der Waals surface area contributed by atoms with Crippen molar-refractivity contribution in [3.8, 4) is 11.4 Å². The van der Waals surface area contributed by atoms with Crippen molar-refractivity contribution in [2.75, 3.05) is 18.8 Å². The number of fused-ring (bicyclic) bond motifs is 1. The highest BCUT2D eigenvalue weighted by molar-refractivity contribution is 7.99. The maximum absolute atomic E-state index is 14.9. The normalized spacial score (nSPS) is 14.5. The summed E-state index contributed by atoms with van der Waals surface area (Å²) < 4.78 is 18.7. The number of nitrogens with zero attached hydrogens (tertiary/aromatic N) is 4. The number of rotatable bonds is 5. The molecule has 1 aliphatic rings. The largest absolute Gasteiger partial charge is 0.342 e. The molecule has 186 valence electrons. The zero-order chi connectivity index (χ0) is 25.4. The summed E-state index contributed by atoms with van der Waals surface area (Å²) in [6.07, 6.45) is 1.96. The summed E-state index contributed by atoms with van der Waals surface area (Å²) in [6.45, 7) is 5.62. The molecule has 0 spiro atoms. The minimum atomic E-state index is -0.541. The number of amides is 1. The van der Waals surface area contributed by atoms with Crippen LogP contribution < -0.4 is 5.56 Å². The van der Waals surface area contributed by atoms with Gasteiger partial charge in [-0.15, -0.1) is 0 Å². The Morgan fingerprint density at radius 1 is 1.11 bits per heavy atom. The number of para-hydroxylation sites is 2. The molecule has 4 aromatic rings. The van der Waals surface area contributed by atoms with Crippen molar-refractivity contribution in [1.29, 1.82) is 0 Å². The standard InChI is InChI=1S/C26H25FN4O2S3/c1-16-11-13-29(14-12-16)21(32)15-35-25-28-23-22(24(33)31(25)20-10-6-4-8-18(20)27)36-26(34)30(23)19-9-5-3-7-17(19)2/h3-10,16H,11-15H2,1-2H3. The molecule has 0 saturated carbocycles. The van der Waals surface area contributed by atoms with Gasteiger partial charge in [-0.25, -0.2) is 9.37 Å². The van der Waals surface area contributed by atoms with E-state index in [-0.39, 0.29) is 22.5 Å². The second-order valence-corrected chi connectivity index (χ2v) is 11.6. The minimum absolute atomic E-state index is 0.0117. The number of aromatic nitrogens is 3. The van der Waals surface area contributed by atoms with Gasteiger partial charge in [-0.1, -0.05) is 60.4 Å². The average molecular weight is 541 g/mol. The van der Waals surface area contributed by atoms with E-state index in [4.69, 9.17) is 17.2 Å². The third-order valence-electron chi connectivity index (χ3n) is 6.49. The number of carbonyl (C=O) groups is 1. The lowest BCUT2D eigenvalue weighted by atomic mass is 9.99. The monoisotopic (exact) mass is 540 g/mol. The van der Waals surface area contributed by atoms with Crippen molar-refractivity contribution < 1.29 is 9.18 Å². The van der Waals surface area contributed by atoms with Crippen molar-refractivity contribution in [1.82, 2.24) is 19.0 Å². The van der Waals surface area contributed by atoms with Gasteiger partial charge in [0.25, 0.3) is 5.56 Å². The molecule has 5 rings (SSSR count). The Labute approximate surface area is 221 Å². The molecule has 1 amide bonds. The Morgan fingerprint density at radius 3 is 2.47 bits per heavy atom. The topological polar surface area (TPSA) is 60.1 Å². The Balaban J connectivity index is 1.64. The summed E-state index contributed by atoms with van der Waals surface area (Å²) in [6, 6.07) is 13.8. The highest BCUT2D eigenvalue weighted by atomic mass is 32.2. The fourth-order valence-corrected chi connectivity index (χ4v) is 6.57. The molecule has 0 unspecified atom stereocenters. The summed E-state index contributed by atoms with van der Waals surface area (Å²) in [7, 11) is 0. The van der Waals surface area contributed by atoms with Gasteiger partial charge in [0.1, 0.15) is 10.5 Å². The minimum Gasteiger partial charge on any atom is -0.342 e. The lowest BCUT2D eigenvalue weighted by molar-refractivity contribution is -0.129. The summed E-state index contributed by atoms with van der Waals surface area (Å²) in [4.78, 5) is 33.4. The number of thioether (sulfide) groups is 1. The Kier molecular flexibility index (Phi) is 7.09. The summed E-state index contributed by atoms with van der Waals surface area (Å²) in [5, 5.41) is 0.256. The highest BCUT2D eigenvalue weighted by Crippen LogP contribution is 2.29. The van der Waals surface area contributed by atoms with Crippen LogP contribution in [0.5, 0.6) is 0 Å². The van der Waals surface area contributed by atoms with Gasteiger partial charge in [0.15, 0.2) is 14.8 Å². The summed E-state index contributed by atoms with van der Waals surface area (Å²) in [5.74, 6) is 0.166. The van der Waals surface area contributed by atoms with Crippen molar-refractivity contribution in [3.63, 3.8) is 0 Å². The quantitative estimate of drug-likeness (QED) is 0.183. The SMILES string of the molecule is Cc1ccccc1-n1c(=S)sc2c(=O)n(-c3ccccc3F)c(SCC(=O)N3CCC(C)CC3)nc21. The van der Waals surface area contributed by atoms with Crippen LogP contribution in [0.25, 0.3) is 21.7 Å². The Hall–Kier alpha value is -2.82. The van der Waals surface area contributed by atoms with E-state index >= 15 is 0 Å². The fraction of sp³-hybridized carbons (Fsp3) is 0.308. The van der Waals surface area contributed by atoms with Gasteiger partial charge >= 0.3 is 0 Å². The van der Waals surface area contributed by atoms with E-state index in [0.717, 1.165) is 60.3 Å². The smallest absolute Gasteiger partial charge is 0.278 e. The number of halogens is 1. The van der Waals surface area contributed by atoms with E-state index in [2.05, 4.69) is 6.92 Å². The summed E-state index contributed by atoms with van der Waals surface area (Å²) in [5.41, 5.74) is 1.92. The zero-order valence-corrected chi connectivity index (χ0v) is 22.4. The molecule has 0 radical (unpaired) electrons. The number of thiazole rings is 1. The van der Waals surface area contributed by atoms with Crippen LogP contribution in [-0.2, 0) is 4.79 Å².